The molecule has 1 aliphatic rings. The van der Waals surface area contributed by atoms with Gasteiger partial charge < -0.3 is 10.1 Å². The van der Waals surface area contributed by atoms with Crippen molar-refractivity contribution in [3.05, 3.63) is 83.4 Å². The third kappa shape index (κ3) is 4.16. The molecule has 0 saturated carbocycles. The topological polar surface area (TPSA) is 39.1 Å². The predicted octanol–water partition coefficient (Wildman–Crippen LogP) is 4.16. The van der Waals surface area contributed by atoms with Crippen LogP contribution in [0.5, 0.6) is 0 Å². The molecule has 0 bridgehead atoms. The zero-order chi connectivity index (χ0) is 19.4. The first kappa shape index (κ1) is 18.8. The van der Waals surface area contributed by atoms with E-state index in [0.29, 0.717) is 13.2 Å². The molecule has 0 unspecified atom stereocenters. The summed E-state index contributed by atoms with van der Waals surface area (Å²) in [4.78, 5) is 0. The van der Waals surface area contributed by atoms with Crippen molar-refractivity contribution < 1.29 is 9.13 Å². The number of aryl methyl sites for hydroxylation is 1. The fourth-order valence-corrected chi connectivity index (χ4v) is 3.88. The first-order valence-electron chi connectivity index (χ1n) is 9.80. The highest BCUT2D eigenvalue weighted by atomic mass is 19.1. The van der Waals surface area contributed by atoms with Crippen LogP contribution in [0, 0.1) is 12.7 Å². The molecule has 4 rings (SSSR count). The van der Waals surface area contributed by atoms with Crippen molar-refractivity contribution in [3.63, 3.8) is 0 Å². The molecule has 0 spiro atoms. The molecule has 1 N–H and O–H groups in total. The minimum Gasteiger partial charge on any atom is -0.381 e. The lowest BCUT2D eigenvalue weighted by molar-refractivity contribution is 0.0497. The molecule has 1 aliphatic heterocycles. The maximum absolute atomic E-state index is 13.8. The first-order chi connectivity index (χ1) is 13.6. The summed E-state index contributed by atoms with van der Waals surface area (Å²) in [5.74, 6) is -0.178. The summed E-state index contributed by atoms with van der Waals surface area (Å²) >= 11 is 0. The fraction of sp³-hybridized carbons (Fsp3) is 0.348. The van der Waals surface area contributed by atoms with Crippen LogP contribution in [0.1, 0.15) is 29.5 Å². The summed E-state index contributed by atoms with van der Waals surface area (Å²) < 4.78 is 21.3. The summed E-state index contributed by atoms with van der Waals surface area (Å²) in [5, 5.41) is 8.05. The molecule has 5 heteroatoms. The SMILES string of the molecule is Cc1ccc(-n2cc(CNCC3(c4cccc(F)c4)CCOCC3)cn2)cc1. The Kier molecular flexibility index (Phi) is 5.55. The maximum atomic E-state index is 13.8. The largest absolute Gasteiger partial charge is 0.381 e. The third-order valence-electron chi connectivity index (χ3n) is 5.61. The van der Waals surface area contributed by atoms with E-state index in [-0.39, 0.29) is 11.2 Å². The van der Waals surface area contributed by atoms with Gasteiger partial charge in [0.15, 0.2) is 0 Å². The van der Waals surface area contributed by atoms with Gasteiger partial charge in [-0.15, -0.1) is 0 Å². The average molecular weight is 379 g/mol. The number of hydrogen-bond donors (Lipinski definition) is 1. The molecule has 3 aromatic rings. The van der Waals surface area contributed by atoms with Gasteiger partial charge in [-0.05, 0) is 49.6 Å². The van der Waals surface area contributed by atoms with Crippen molar-refractivity contribution in [3.8, 4) is 5.69 Å². The minimum atomic E-state index is -0.178. The maximum Gasteiger partial charge on any atom is 0.123 e. The number of ether oxygens (including phenoxy) is 1. The number of halogens is 1. The lowest BCUT2D eigenvalue weighted by atomic mass is 9.74. The number of nitrogens with zero attached hydrogens (tertiary/aromatic N) is 2. The van der Waals surface area contributed by atoms with Crippen LogP contribution in [0.25, 0.3) is 5.69 Å². The molecule has 2 heterocycles. The van der Waals surface area contributed by atoms with Crippen molar-refractivity contribution in [1.29, 1.82) is 0 Å². The Labute approximate surface area is 165 Å². The van der Waals surface area contributed by atoms with Gasteiger partial charge in [0, 0.05) is 43.5 Å². The highest BCUT2D eigenvalue weighted by Crippen LogP contribution is 2.34. The van der Waals surface area contributed by atoms with E-state index in [2.05, 4.69) is 47.8 Å². The molecule has 28 heavy (non-hydrogen) atoms. The van der Waals surface area contributed by atoms with Gasteiger partial charge in [0.25, 0.3) is 0 Å². The van der Waals surface area contributed by atoms with Gasteiger partial charge in [0.2, 0.25) is 0 Å². The van der Waals surface area contributed by atoms with Crippen LogP contribution in [0.4, 0.5) is 4.39 Å². The predicted molar refractivity (Wildman–Crippen MR) is 108 cm³/mol. The molecule has 1 aromatic heterocycles. The molecule has 2 aromatic carbocycles. The zero-order valence-electron chi connectivity index (χ0n) is 16.2. The second-order valence-corrected chi connectivity index (χ2v) is 7.64. The molecule has 1 fully saturated rings. The molecule has 0 radical (unpaired) electrons. The van der Waals surface area contributed by atoms with Crippen molar-refractivity contribution in [2.75, 3.05) is 19.8 Å². The lowest BCUT2D eigenvalue weighted by Gasteiger charge is -2.38. The normalized spacial score (nSPS) is 16.2. The summed E-state index contributed by atoms with van der Waals surface area (Å²) in [7, 11) is 0. The number of aromatic nitrogens is 2. The van der Waals surface area contributed by atoms with E-state index in [4.69, 9.17) is 4.74 Å². The Hall–Kier alpha value is -2.50. The van der Waals surface area contributed by atoms with Gasteiger partial charge in [-0.2, -0.15) is 5.10 Å². The third-order valence-corrected chi connectivity index (χ3v) is 5.61. The second-order valence-electron chi connectivity index (χ2n) is 7.64. The van der Waals surface area contributed by atoms with Gasteiger partial charge >= 0.3 is 0 Å². The Morgan fingerprint density at radius 2 is 1.93 bits per heavy atom. The number of nitrogens with one attached hydrogen (secondary N) is 1. The Bertz CT molecular complexity index is 914. The van der Waals surface area contributed by atoms with Crippen LogP contribution in [0.2, 0.25) is 0 Å². The highest BCUT2D eigenvalue weighted by molar-refractivity contribution is 5.34. The summed E-state index contributed by atoms with van der Waals surface area (Å²) in [6, 6.07) is 15.3. The quantitative estimate of drug-likeness (QED) is 0.699. The highest BCUT2D eigenvalue weighted by Gasteiger charge is 2.34. The van der Waals surface area contributed by atoms with Gasteiger partial charge in [-0.1, -0.05) is 29.8 Å². The van der Waals surface area contributed by atoms with E-state index >= 15 is 0 Å². The summed E-state index contributed by atoms with van der Waals surface area (Å²) in [5.41, 5.74) is 4.38. The number of hydrogen-bond acceptors (Lipinski definition) is 3. The summed E-state index contributed by atoms with van der Waals surface area (Å²) in [6.07, 6.45) is 5.74. The van der Waals surface area contributed by atoms with Crippen LogP contribution >= 0.6 is 0 Å². The summed E-state index contributed by atoms with van der Waals surface area (Å²) in [6.45, 7) is 5.01. The van der Waals surface area contributed by atoms with Crippen molar-refractivity contribution >= 4 is 0 Å². The van der Waals surface area contributed by atoms with E-state index in [1.807, 2.05) is 16.9 Å². The van der Waals surface area contributed by atoms with Crippen molar-refractivity contribution in [2.24, 2.45) is 0 Å². The van der Waals surface area contributed by atoms with Crippen LogP contribution in [0.15, 0.2) is 60.9 Å². The Balaban J connectivity index is 1.43. The molecule has 0 aliphatic carbocycles. The molecular formula is C23H26FN3O. The molecular weight excluding hydrogens is 353 g/mol. The fourth-order valence-electron chi connectivity index (χ4n) is 3.88. The molecule has 4 nitrogen and oxygen atoms in total. The van der Waals surface area contributed by atoms with E-state index < -0.39 is 0 Å². The number of rotatable bonds is 6. The van der Waals surface area contributed by atoms with Crippen LogP contribution in [-0.2, 0) is 16.7 Å². The lowest BCUT2D eigenvalue weighted by Crippen LogP contribution is -2.42. The molecule has 0 atom stereocenters. The standard InChI is InChI=1S/C23H26FN3O/c1-18-5-7-22(8-6-18)27-16-19(15-26-27)14-25-17-23(9-11-28-12-10-23)20-3-2-4-21(24)13-20/h2-8,13,15-16,25H,9-12,14,17H2,1H3. The first-order valence-corrected chi connectivity index (χ1v) is 9.80. The van der Waals surface area contributed by atoms with E-state index in [0.717, 1.165) is 42.7 Å². The Morgan fingerprint density at radius 3 is 2.68 bits per heavy atom. The zero-order valence-corrected chi connectivity index (χ0v) is 16.2. The smallest absolute Gasteiger partial charge is 0.123 e. The average Bonchev–Trinajstić information content (AvgIpc) is 3.18. The second kappa shape index (κ2) is 8.25. The van der Waals surface area contributed by atoms with Crippen LogP contribution in [-0.4, -0.2) is 29.5 Å². The minimum absolute atomic E-state index is 0.0900. The van der Waals surface area contributed by atoms with Gasteiger partial charge in [-0.25, -0.2) is 9.07 Å². The van der Waals surface area contributed by atoms with Crippen molar-refractivity contribution in [1.82, 2.24) is 15.1 Å². The van der Waals surface area contributed by atoms with Crippen LogP contribution < -0.4 is 5.32 Å². The van der Waals surface area contributed by atoms with Crippen LogP contribution in [0.3, 0.4) is 0 Å². The molecule has 0 amide bonds. The molecule has 146 valence electrons. The monoisotopic (exact) mass is 379 g/mol. The van der Waals surface area contributed by atoms with Crippen molar-refractivity contribution in [2.45, 2.75) is 31.7 Å². The van der Waals surface area contributed by atoms with Gasteiger partial charge in [-0.3, -0.25) is 0 Å². The van der Waals surface area contributed by atoms with E-state index in [1.54, 1.807) is 12.1 Å². The van der Waals surface area contributed by atoms with Gasteiger partial charge in [0.1, 0.15) is 5.82 Å². The molecule has 1 saturated heterocycles. The van der Waals surface area contributed by atoms with E-state index in [1.165, 1.54) is 11.6 Å². The van der Waals surface area contributed by atoms with Gasteiger partial charge in [0.05, 0.1) is 11.9 Å². The number of benzene rings is 2. The van der Waals surface area contributed by atoms with E-state index in [9.17, 15) is 4.39 Å². The Morgan fingerprint density at radius 1 is 1.14 bits per heavy atom.